The molecule has 1 aromatic carbocycles. The summed E-state index contributed by atoms with van der Waals surface area (Å²) < 4.78 is 44.3. The number of carbonyl (C=O) groups excluding carboxylic acids is 1. The number of hydrogen-bond donors (Lipinski definition) is 0. The van der Waals surface area contributed by atoms with E-state index < -0.39 is 11.7 Å². The largest absolute Gasteiger partial charge is 0.451 e. The van der Waals surface area contributed by atoms with E-state index in [2.05, 4.69) is 4.90 Å². The fourth-order valence-corrected chi connectivity index (χ4v) is 4.17. The average Bonchev–Trinajstić information content (AvgIpc) is 3.39. The van der Waals surface area contributed by atoms with E-state index in [9.17, 15) is 18.0 Å². The number of carbonyl (C=O) groups is 1. The quantitative estimate of drug-likeness (QED) is 0.762. The van der Waals surface area contributed by atoms with Crippen LogP contribution in [0, 0.1) is 0 Å². The molecule has 1 saturated heterocycles. The summed E-state index contributed by atoms with van der Waals surface area (Å²) in [6, 6.07) is 8.68. The molecule has 1 aliphatic carbocycles. The van der Waals surface area contributed by atoms with Crippen LogP contribution in [0.1, 0.15) is 41.8 Å². The first-order valence-electron chi connectivity index (χ1n) is 9.72. The third-order valence-electron chi connectivity index (χ3n) is 5.73. The zero-order valence-corrected chi connectivity index (χ0v) is 15.5. The van der Waals surface area contributed by atoms with E-state index in [-0.39, 0.29) is 17.4 Å². The number of hydrogen-bond acceptors (Lipinski definition) is 3. The lowest BCUT2D eigenvalue weighted by molar-refractivity contribution is -0.137. The molecule has 150 valence electrons. The number of alkyl halides is 3. The number of amides is 1. The van der Waals surface area contributed by atoms with E-state index in [0.717, 1.165) is 25.2 Å². The van der Waals surface area contributed by atoms with Crippen molar-refractivity contribution in [3.63, 3.8) is 0 Å². The lowest BCUT2D eigenvalue weighted by Gasteiger charge is -2.37. The summed E-state index contributed by atoms with van der Waals surface area (Å²) in [4.78, 5) is 17.0. The molecule has 1 aromatic heterocycles. The number of piperazine rings is 1. The van der Waals surface area contributed by atoms with Crippen LogP contribution in [-0.4, -0.2) is 47.9 Å². The fraction of sp³-hybridized carbons (Fsp3) is 0.476. The third kappa shape index (κ3) is 3.94. The molecule has 1 amide bonds. The Labute approximate surface area is 161 Å². The van der Waals surface area contributed by atoms with Gasteiger partial charge in [0.25, 0.3) is 5.91 Å². The second-order valence-corrected chi connectivity index (χ2v) is 7.51. The zero-order chi connectivity index (χ0) is 19.7. The Morgan fingerprint density at radius 1 is 1.00 bits per heavy atom. The lowest BCUT2D eigenvalue weighted by Crippen LogP contribution is -2.51. The molecule has 0 spiro atoms. The van der Waals surface area contributed by atoms with Crippen LogP contribution in [0.15, 0.2) is 40.8 Å². The lowest BCUT2D eigenvalue weighted by atomic mass is 10.1. The van der Waals surface area contributed by atoms with Gasteiger partial charge in [-0.25, -0.2) is 0 Å². The van der Waals surface area contributed by atoms with Gasteiger partial charge in [-0.05, 0) is 37.1 Å². The maximum Gasteiger partial charge on any atom is 0.416 e. The predicted octanol–water partition coefficient (Wildman–Crippen LogP) is 4.67. The number of benzene rings is 1. The molecule has 2 heterocycles. The monoisotopic (exact) mass is 392 g/mol. The molecule has 0 N–H and O–H groups in total. The highest BCUT2D eigenvalue weighted by Gasteiger charge is 2.31. The number of rotatable bonds is 3. The van der Waals surface area contributed by atoms with Crippen LogP contribution in [0.5, 0.6) is 0 Å². The zero-order valence-electron chi connectivity index (χ0n) is 15.5. The van der Waals surface area contributed by atoms with Gasteiger partial charge in [0.15, 0.2) is 5.76 Å². The molecular weight excluding hydrogens is 369 g/mol. The summed E-state index contributed by atoms with van der Waals surface area (Å²) in [7, 11) is 0. The molecule has 28 heavy (non-hydrogen) atoms. The van der Waals surface area contributed by atoms with Crippen molar-refractivity contribution in [1.82, 2.24) is 9.80 Å². The fourth-order valence-electron chi connectivity index (χ4n) is 4.17. The van der Waals surface area contributed by atoms with Crippen molar-refractivity contribution in [2.45, 2.75) is 37.9 Å². The van der Waals surface area contributed by atoms with Crippen LogP contribution in [-0.2, 0) is 6.18 Å². The molecule has 0 radical (unpaired) electrons. The Morgan fingerprint density at radius 2 is 1.71 bits per heavy atom. The van der Waals surface area contributed by atoms with E-state index in [1.807, 2.05) is 0 Å². The van der Waals surface area contributed by atoms with Crippen molar-refractivity contribution in [2.24, 2.45) is 0 Å². The smallest absolute Gasteiger partial charge is 0.416 e. The Balaban J connectivity index is 1.42. The first-order chi connectivity index (χ1) is 13.4. The maximum absolute atomic E-state index is 12.9. The van der Waals surface area contributed by atoms with E-state index in [0.29, 0.717) is 24.7 Å². The van der Waals surface area contributed by atoms with E-state index in [1.165, 1.54) is 31.7 Å². The highest BCUT2D eigenvalue weighted by Crippen LogP contribution is 2.33. The first-order valence-corrected chi connectivity index (χ1v) is 9.72. The number of furan rings is 1. The molecule has 4 nitrogen and oxygen atoms in total. The summed E-state index contributed by atoms with van der Waals surface area (Å²) >= 11 is 0. The van der Waals surface area contributed by atoms with Gasteiger partial charge in [0.2, 0.25) is 0 Å². The van der Waals surface area contributed by atoms with Crippen LogP contribution in [0.3, 0.4) is 0 Å². The molecule has 0 bridgehead atoms. The van der Waals surface area contributed by atoms with Gasteiger partial charge in [-0.3, -0.25) is 9.69 Å². The Bertz CT molecular complexity index is 832. The van der Waals surface area contributed by atoms with Gasteiger partial charge in [-0.2, -0.15) is 13.2 Å². The molecule has 4 rings (SSSR count). The standard InChI is InChI=1S/C21H23F3N2O2/c22-21(23,24)16-5-3-4-15(14-16)18-8-9-19(28-18)20(27)26-12-10-25(11-13-26)17-6-1-2-7-17/h3-5,8-9,14,17H,1-2,6-7,10-13H2. The minimum atomic E-state index is -4.42. The number of halogens is 3. The SMILES string of the molecule is O=C(c1ccc(-c2cccc(C(F)(F)F)c2)o1)N1CCN(C2CCCC2)CC1. The van der Waals surface area contributed by atoms with Gasteiger partial charge >= 0.3 is 6.18 Å². The Kier molecular flexibility index (Phi) is 5.19. The van der Waals surface area contributed by atoms with Crippen LogP contribution in [0.2, 0.25) is 0 Å². The molecule has 0 unspecified atom stereocenters. The van der Waals surface area contributed by atoms with Crippen molar-refractivity contribution in [3.05, 3.63) is 47.7 Å². The highest BCUT2D eigenvalue weighted by atomic mass is 19.4. The summed E-state index contributed by atoms with van der Waals surface area (Å²) in [6.07, 6.45) is 0.641. The van der Waals surface area contributed by atoms with Crippen molar-refractivity contribution in [1.29, 1.82) is 0 Å². The van der Waals surface area contributed by atoms with Crippen LogP contribution in [0.25, 0.3) is 11.3 Å². The average molecular weight is 392 g/mol. The summed E-state index contributed by atoms with van der Waals surface area (Å²) in [5.41, 5.74) is -0.433. The van der Waals surface area contributed by atoms with Crippen molar-refractivity contribution in [3.8, 4) is 11.3 Å². The minimum Gasteiger partial charge on any atom is -0.451 e. The topological polar surface area (TPSA) is 36.7 Å². The molecule has 1 aliphatic heterocycles. The third-order valence-corrected chi connectivity index (χ3v) is 5.73. The van der Waals surface area contributed by atoms with Gasteiger partial charge in [0.1, 0.15) is 5.76 Å². The summed E-state index contributed by atoms with van der Waals surface area (Å²) in [5.74, 6) is 0.227. The molecule has 2 aromatic rings. The predicted molar refractivity (Wildman–Crippen MR) is 98.9 cm³/mol. The summed E-state index contributed by atoms with van der Waals surface area (Å²) in [5, 5.41) is 0. The second-order valence-electron chi connectivity index (χ2n) is 7.51. The molecular formula is C21H23F3N2O2. The van der Waals surface area contributed by atoms with E-state index >= 15 is 0 Å². The van der Waals surface area contributed by atoms with Gasteiger partial charge in [-0.15, -0.1) is 0 Å². The molecule has 2 fully saturated rings. The van der Waals surface area contributed by atoms with Crippen molar-refractivity contribution >= 4 is 5.91 Å². The van der Waals surface area contributed by atoms with Crippen LogP contribution >= 0.6 is 0 Å². The van der Waals surface area contributed by atoms with Gasteiger partial charge < -0.3 is 9.32 Å². The second kappa shape index (κ2) is 7.62. The molecule has 7 heteroatoms. The first kappa shape index (κ1) is 19.1. The summed E-state index contributed by atoms with van der Waals surface area (Å²) in [6.45, 7) is 3.01. The van der Waals surface area contributed by atoms with E-state index in [4.69, 9.17) is 4.42 Å². The van der Waals surface area contributed by atoms with Gasteiger partial charge in [0.05, 0.1) is 5.56 Å². The van der Waals surface area contributed by atoms with Crippen LogP contribution in [0.4, 0.5) is 13.2 Å². The maximum atomic E-state index is 12.9. The highest BCUT2D eigenvalue weighted by molar-refractivity contribution is 5.92. The molecule has 2 aliphatic rings. The number of nitrogens with zero attached hydrogens (tertiary/aromatic N) is 2. The Hall–Kier alpha value is -2.28. The molecule has 0 atom stereocenters. The van der Waals surface area contributed by atoms with Crippen LogP contribution < -0.4 is 0 Å². The normalized spacial score (nSPS) is 19.3. The minimum absolute atomic E-state index is 0.168. The van der Waals surface area contributed by atoms with Crippen molar-refractivity contribution in [2.75, 3.05) is 26.2 Å². The molecule has 1 saturated carbocycles. The Morgan fingerprint density at radius 3 is 2.39 bits per heavy atom. The van der Waals surface area contributed by atoms with E-state index in [1.54, 1.807) is 23.1 Å². The van der Waals surface area contributed by atoms with Gasteiger partial charge in [0, 0.05) is 37.8 Å². The van der Waals surface area contributed by atoms with Gasteiger partial charge in [-0.1, -0.05) is 25.0 Å². The van der Waals surface area contributed by atoms with Crippen molar-refractivity contribution < 1.29 is 22.4 Å².